The van der Waals surface area contributed by atoms with E-state index in [1.165, 1.54) is 18.2 Å². The molecule has 1 aromatic rings. The monoisotopic (exact) mass is 333 g/mol. The van der Waals surface area contributed by atoms with Crippen LogP contribution < -0.4 is 5.32 Å². The molecule has 2 N–H and O–H groups in total. The zero-order valence-corrected chi connectivity index (χ0v) is 13.2. The maximum absolute atomic E-state index is 11.1. The third kappa shape index (κ3) is 3.33. The first-order valence-electron chi connectivity index (χ1n) is 7.88. The molecule has 0 radical (unpaired) electrons. The van der Waals surface area contributed by atoms with E-state index in [0.717, 1.165) is 12.8 Å². The zero-order valence-electron chi connectivity index (χ0n) is 13.2. The van der Waals surface area contributed by atoms with Crippen LogP contribution in [0.25, 0.3) is 0 Å². The van der Waals surface area contributed by atoms with Gasteiger partial charge in [0, 0.05) is 25.5 Å². The molecule has 8 heteroatoms. The predicted molar refractivity (Wildman–Crippen MR) is 84.4 cm³/mol. The van der Waals surface area contributed by atoms with Crippen LogP contribution in [0.1, 0.15) is 31.2 Å². The molecule has 24 heavy (non-hydrogen) atoms. The minimum Gasteiger partial charge on any atom is -0.388 e. The molecule has 1 saturated heterocycles. The number of nitro benzene ring substituents is 1. The Morgan fingerprint density at radius 1 is 1.38 bits per heavy atom. The number of nitrogens with one attached hydrogen (secondary N) is 1. The number of hydrogen-bond donors (Lipinski definition) is 2. The SMILES string of the molecule is N#Cc1ccc([N+](=O)[O-])c(NCC2(O)CCCC3(C2)OCCO3)c1. The standard InChI is InChI=1S/C16H19N3O5/c17-9-12-2-3-14(19(21)22)13(8-12)18-11-15(20)4-1-5-16(10-15)23-6-7-24-16/h2-3,8,18,20H,1,4-7,10-11H2. The number of anilines is 1. The minimum atomic E-state index is -1.08. The average molecular weight is 333 g/mol. The van der Waals surface area contributed by atoms with Crippen molar-refractivity contribution in [1.29, 1.82) is 5.26 Å². The molecule has 128 valence electrons. The van der Waals surface area contributed by atoms with Crippen molar-refractivity contribution < 1.29 is 19.5 Å². The molecule has 1 saturated carbocycles. The second-order valence-electron chi connectivity index (χ2n) is 6.32. The summed E-state index contributed by atoms with van der Waals surface area (Å²) in [6.45, 7) is 1.15. The molecule has 8 nitrogen and oxygen atoms in total. The summed E-state index contributed by atoms with van der Waals surface area (Å²) in [6.07, 6.45) is 2.36. The average Bonchev–Trinajstić information content (AvgIpc) is 2.99. The van der Waals surface area contributed by atoms with Gasteiger partial charge in [0.05, 0.1) is 35.4 Å². The molecule has 1 atom stereocenters. The van der Waals surface area contributed by atoms with Gasteiger partial charge in [-0.3, -0.25) is 10.1 Å². The molecule has 3 rings (SSSR count). The predicted octanol–water partition coefficient (Wildman–Crippen LogP) is 1.93. The Morgan fingerprint density at radius 2 is 2.12 bits per heavy atom. The lowest BCUT2D eigenvalue weighted by Crippen LogP contribution is -2.50. The van der Waals surface area contributed by atoms with E-state index >= 15 is 0 Å². The van der Waals surface area contributed by atoms with Crippen molar-refractivity contribution in [1.82, 2.24) is 0 Å². The smallest absolute Gasteiger partial charge is 0.292 e. The van der Waals surface area contributed by atoms with E-state index in [-0.39, 0.29) is 17.9 Å². The van der Waals surface area contributed by atoms with Crippen molar-refractivity contribution in [2.24, 2.45) is 0 Å². The molecule has 1 spiro atoms. The molecule has 0 bridgehead atoms. The largest absolute Gasteiger partial charge is 0.388 e. The summed E-state index contributed by atoms with van der Waals surface area (Å²) in [5.74, 6) is -0.741. The molecule has 0 aromatic heterocycles. The van der Waals surface area contributed by atoms with Gasteiger partial charge in [0.25, 0.3) is 5.69 Å². The summed E-state index contributed by atoms with van der Waals surface area (Å²) >= 11 is 0. The van der Waals surface area contributed by atoms with Gasteiger partial charge in [0.15, 0.2) is 5.79 Å². The van der Waals surface area contributed by atoms with Gasteiger partial charge >= 0.3 is 0 Å². The molecule has 2 aliphatic rings. The van der Waals surface area contributed by atoms with Crippen LogP contribution in [0.4, 0.5) is 11.4 Å². The number of nitriles is 1. The Balaban J connectivity index is 1.75. The number of rotatable bonds is 4. The van der Waals surface area contributed by atoms with Gasteiger partial charge in [-0.2, -0.15) is 5.26 Å². The first kappa shape index (κ1) is 16.6. The van der Waals surface area contributed by atoms with Gasteiger partial charge in [0.1, 0.15) is 5.69 Å². The molecular weight excluding hydrogens is 314 g/mol. The number of ether oxygens (including phenoxy) is 2. The van der Waals surface area contributed by atoms with Gasteiger partial charge < -0.3 is 19.9 Å². The summed E-state index contributed by atoms with van der Waals surface area (Å²) in [6, 6.07) is 6.06. The minimum absolute atomic E-state index is 0.122. The summed E-state index contributed by atoms with van der Waals surface area (Å²) < 4.78 is 11.3. The fourth-order valence-corrected chi connectivity index (χ4v) is 3.43. The number of nitro groups is 1. The summed E-state index contributed by atoms with van der Waals surface area (Å²) in [4.78, 5) is 10.6. The lowest BCUT2D eigenvalue weighted by molar-refractivity contribution is -0.384. The number of aliphatic hydroxyl groups is 1. The first-order valence-corrected chi connectivity index (χ1v) is 7.88. The van der Waals surface area contributed by atoms with E-state index in [2.05, 4.69) is 5.32 Å². The van der Waals surface area contributed by atoms with Crippen LogP contribution in [-0.2, 0) is 9.47 Å². The van der Waals surface area contributed by atoms with Crippen molar-refractivity contribution in [3.05, 3.63) is 33.9 Å². The van der Waals surface area contributed by atoms with E-state index in [1.54, 1.807) is 0 Å². The van der Waals surface area contributed by atoms with Crippen LogP contribution in [0.5, 0.6) is 0 Å². The molecular formula is C16H19N3O5. The molecule has 1 aliphatic heterocycles. The van der Waals surface area contributed by atoms with Crippen molar-refractivity contribution >= 4 is 11.4 Å². The molecule has 1 aromatic carbocycles. The van der Waals surface area contributed by atoms with Crippen LogP contribution in [0.2, 0.25) is 0 Å². The highest BCUT2D eigenvalue weighted by Gasteiger charge is 2.47. The summed E-state index contributed by atoms with van der Waals surface area (Å²) in [5.41, 5.74) is -0.673. The van der Waals surface area contributed by atoms with E-state index in [4.69, 9.17) is 14.7 Å². The Kier molecular flexibility index (Phi) is 4.41. The molecule has 2 fully saturated rings. The van der Waals surface area contributed by atoms with E-state index in [0.29, 0.717) is 31.6 Å². The highest BCUT2D eigenvalue weighted by Crippen LogP contribution is 2.41. The highest BCUT2D eigenvalue weighted by atomic mass is 16.7. The number of benzene rings is 1. The summed E-state index contributed by atoms with van der Waals surface area (Å²) in [7, 11) is 0. The first-order chi connectivity index (χ1) is 11.5. The topological polar surface area (TPSA) is 118 Å². The fraction of sp³-hybridized carbons (Fsp3) is 0.562. The van der Waals surface area contributed by atoms with Crippen LogP contribution in [0, 0.1) is 21.4 Å². The van der Waals surface area contributed by atoms with Crippen molar-refractivity contribution in [2.75, 3.05) is 25.1 Å². The summed E-state index contributed by atoms with van der Waals surface area (Å²) in [5, 5.41) is 33.9. The van der Waals surface area contributed by atoms with Crippen molar-refractivity contribution in [3.8, 4) is 6.07 Å². The Hall–Kier alpha value is -2.21. The Bertz CT molecular complexity index is 681. The normalized spacial score (nSPS) is 25.3. The van der Waals surface area contributed by atoms with Gasteiger partial charge in [-0.1, -0.05) is 0 Å². The van der Waals surface area contributed by atoms with Crippen molar-refractivity contribution in [3.63, 3.8) is 0 Å². The van der Waals surface area contributed by atoms with Gasteiger partial charge in [-0.25, -0.2) is 0 Å². The lowest BCUT2D eigenvalue weighted by atomic mass is 9.80. The van der Waals surface area contributed by atoms with E-state index in [1.807, 2.05) is 6.07 Å². The zero-order chi connectivity index (χ0) is 17.2. The molecule has 1 heterocycles. The molecule has 1 aliphatic carbocycles. The molecule has 0 amide bonds. The molecule has 1 unspecified atom stereocenters. The maximum Gasteiger partial charge on any atom is 0.292 e. The van der Waals surface area contributed by atoms with Crippen LogP contribution in [0.15, 0.2) is 18.2 Å². The second kappa shape index (κ2) is 6.36. The van der Waals surface area contributed by atoms with Crippen LogP contribution in [-0.4, -0.2) is 41.2 Å². The van der Waals surface area contributed by atoms with E-state index in [9.17, 15) is 15.2 Å². The third-order valence-electron chi connectivity index (χ3n) is 4.54. The lowest BCUT2D eigenvalue weighted by Gasteiger charge is -2.41. The highest BCUT2D eigenvalue weighted by molar-refractivity contribution is 5.64. The fourth-order valence-electron chi connectivity index (χ4n) is 3.43. The Morgan fingerprint density at radius 3 is 2.79 bits per heavy atom. The number of hydrogen-bond acceptors (Lipinski definition) is 7. The maximum atomic E-state index is 11.1. The van der Waals surface area contributed by atoms with Gasteiger partial charge in [-0.05, 0) is 25.0 Å². The van der Waals surface area contributed by atoms with Gasteiger partial charge in [0.2, 0.25) is 0 Å². The van der Waals surface area contributed by atoms with Crippen LogP contribution in [0.3, 0.4) is 0 Å². The van der Waals surface area contributed by atoms with E-state index < -0.39 is 16.3 Å². The van der Waals surface area contributed by atoms with Gasteiger partial charge in [-0.15, -0.1) is 0 Å². The second-order valence-corrected chi connectivity index (χ2v) is 6.32. The number of nitrogens with zero attached hydrogens (tertiary/aromatic N) is 2. The Labute approximate surface area is 139 Å². The quantitative estimate of drug-likeness (QED) is 0.638. The van der Waals surface area contributed by atoms with Crippen molar-refractivity contribution in [2.45, 2.75) is 37.1 Å². The van der Waals surface area contributed by atoms with Crippen LogP contribution >= 0.6 is 0 Å². The third-order valence-corrected chi connectivity index (χ3v) is 4.54.